The summed E-state index contributed by atoms with van der Waals surface area (Å²) in [6.45, 7) is 5.19. The molecule has 2 aliphatic rings. The number of nitrogens with zero attached hydrogens (tertiary/aromatic N) is 4. The first-order valence-electron chi connectivity index (χ1n) is 10.4. The van der Waals surface area contributed by atoms with Gasteiger partial charge in [-0.2, -0.15) is 0 Å². The molecular formula is C23H28N4O3. The average molecular weight is 409 g/mol. The highest BCUT2D eigenvalue weighted by molar-refractivity contribution is 5.86. The van der Waals surface area contributed by atoms with E-state index < -0.39 is 6.04 Å². The molecule has 1 amide bonds. The highest BCUT2D eigenvalue weighted by Gasteiger charge is 2.36. The Kier molecular flexibility index (Phi) is 6.40. The second-order valence-electron chi connectivity index (χ2n) is 7.94. The second-order valence-corrected chi connectivity index (χ2v) is 7.94. The Morgan fingerprint density at radius 2 is 1.67 bits per heavy atom. The number of pyridine rings is 1. The molecule has 2 aromatic rings. The molecule has 1 fully saturated rings. The molecule has 0 bridgehead atoms. The van der Waals surface area contributed by atoms with Gasteiger partial charge in [0.05, 0.1) is 13.7 Å². The predicted octanol–water partition coefficient (Wildman–Crippen LogP) is 1.33. The summed E-state index contributed by atoms with van der Waals surface area (Å²) in [6.07, 6.45) is 4.14. The maximum absolute atomic E-state index is 13.1. The lowest BCUT2D eigenvalue weighted by molar-refractivity contribution is -0.154. The number of amides is 1. The maximum Gasteiger partial charge on any atom is 0.328 e. The number of aromatic nitrogens is 1. The molecule has 7 heteroatoms. The standard InChI is InChI=1S/C23H28N4O3/c1-30-23(29)21-14-19-4-2-3-5-20(19)16-27(21)22(28)17-26-12-10-25(11-13-26)15-18-6-8-24-9-7-18/h2-9,21H,10-17H2,1H3. The van der Waals surface area contributed by atoms with E-state index in [9.17, 15) is 9.59 Å². The SMILES string of the molecule is COC(=O)C1Cc2ccccc2CN1C(=O)CN1CCN(Cc2ccncc2)CC1. The van der Waals surface area contributed by atoms with Gasteiger partial charge in [-0.3, -0.25) is 19.6 Å². The van der Waals surface area contributed by atoms with Crippen LogP contribution in [0.25, 0.3) is 0 Å². The third-order valence-corrected chi connectivity index (χ3v) is 6.02. The number of rotatable bonds is 5. The van der Waals surface area contributed by atoms with E-state index in [0.29, 0.717) is 19.5 Å². The first-order chi connectivity index (χ1) is 14.6. The molecule has 1 unspecified atom stereocenters. The summed E-state index contributed by atoms with van der Waals surface area (Å²) in [6, 6.07) is 11.5. The number of benzene rings is 1. The number of carbonyl (C=O) groups excluding carboxylic acids is 2. The van der Waals surface area contributed by atoms with E-state index in [1.165, 1.54) is 12.7 Å². The largest absolute Gasteiger partial charge is 0.467 e. The molecule has 2 aliphatic heterocycles. The van der Waals surface area contributed by atoms with Crippen molar-refractivity contribution >= 4 is 11.9 Å². The second kappa shape index (κ2) is 9.36. The minimum Gasteiger partial charge on any atom is -0.467 e. The van der Waals surface area contributed by atoms with Crippen molar-refractivity contribution in [2.75, 3.05) is 39.8 Å². The van der Waals surface area contributed by atoms with E-state index in [1.54, 1.807) is 4.90 Å². The highest BCUT2D eigenvalue weighted by Crippen LogP contribution is 2.24. The lowest BCUT2D eigenvalue weighted by Crippen LogP contribution is -2.54. The topological polar surface area (TPSA) is 66.0 Å². The monoisotopic (exact) mass is 408 g/mol. The zero-order valence-electron chi connectivity index (χ0n) is 17.4. The van der Waals surface area contributed by atoms with E-state index in [0.717, 1.165) is 43.9 Å². The summed E-state index contributed by atoms with van der Waals surface area (Å²) >= 11 is 0. The van der Waals surface area contributed by atoms with E-state index in [4.69, 9.17) is 4.74 Å². The van der Waals surface area contributed by atoms with Gasteiger partial charge in [0.2, 0.25) is 5.91 Å². The molecule has 1 saturated heterocycles. The average Bonchev–Trinajstić information content (AvgIpc) is 2.79. The van der Waals surface area contributed by atoms with Gasteiger partial charge in [-0.15, -0.1) is 0 Å². The van der Waals surface area contributed by atoms with Gasteiger partial charge in [-0.1, -0.05) is 24.3 Å². The van der Waals surface area contributed by atoms with Crippen LogP contribution < -0.4 is 0 Å². The van der Waals surface area contributed by atoms with Gasteiger partial charge in [0.1, 0.15) is 6.04 Å². The number of fused-ring (bicyclic) bond motifs is 1. The lowest BCUT2D eigenvalue weighted by atomic mass is 9.94. The molecule has 3 heterocycles. The van der Waals surface area contributed by atoms with E-state index in [-0.39, 0.29) is 11.9 Å². The Bertz CT molecular complexity index is 881. The molecule has 1 aromatic carbocycles. The molecule has 0 N–H and O–H groups in total. The van der Waals surface area contributed by atoms with E-state index >= 15 is 0 Å². The summed E-state index contributed by atoms with van der Waals surface area (Å²) in [4.78, 5) is 35.8. The fourth-order valence-electron chi connectivity index (χ4n) is 4.27. The van der Waals surface area contributed by atoms with E-state index in [1.807, 2.05) is 48.8 Å². The Balaban J connectivity index is 1.35. The molecule has 0 radical (unpaired) electrons. The van der Waals surface area contributed by atoms with Gasteiger partial charge in [0.25, 0.3) is 0 Å². The number of hydrogen-bond acceptors (Lipinski definition) is 6. The van der Waals surface area contributed by atoms with Crippen LogP contribution in [0.15, 0.2) is 48.8 Å². The van der Waals surface area contributed by atoms with Crippen molar-refractivity contribution < 1.29 is 14.3 Å². The number of esters is 1. The van der Waals surface area contributed by atoms with Gasteiger partial charge >= 0.3 is 5.97 Å². The number of piperazine rings is 1. The molecule has 1 aromatic heterocycles. The van der Waals surface area contributed by atoms with Gasteiger partial charge in [0, 0.05) is 58.1 Å². The van der Waals surface area contributed by atoms with Crippen molar-refractivity contribution in [1.82, 2.24) is 19.7 Å². The van der Waals surface area contributed by atoms with E-state index in [2.05, 4.69) is 14.8 Å². The predicted molar refractivity (Wildman–Crippen MR) is 112 cm³/mol. The van der Waals surface area contributed by atoms with Crippen LogP contribution in [0.2, 0.25) is 0 Å². The van der Waals surface area contributed by atoms with Crippen molar-refractivity contribution in [3.8, 4) is 0 Å². The van der Waals surface area contributed by atoms with Crippen LogP contribution in [0.4, 0.5) is 0 Å². The molecule has 7 nitrogen and oxygen atoms in total. The van der Waals surface area contributed by atoms with Crippen LogP contribution in [-0.4, -0.2) is 77.4 Å². The Morgan fingerprint density at radius 1 is 1.00 bits per heavy atom. The van der Waals surface area contributed by atoms with Crippen LogP contribution >= 0.6 is 0 Å². The quantitative estimate of drug-likeness (QED) is 0.696. The van der Waals surface area contributed by atoms with Crippen molar-refractivity contribution in [3.05, 3.63) is 65.5 Å². The number of methoxy groups -OCH3 is 1. The fourth-order valence-corrected chi connectivity index (χ4v) is 4.27. The molecule has 0 aliphatic carbocycles. The summed E-state index contributed by atoms with van der Waals surface area (Å²) in [5, 5.41) is 0. The number of ether oxygens (including phenoxy) is 1. The number of carbonyl (C=O) groups is 2. The van der Waals surface area contributed by atoms with Crippen LogP contribution in [0.3, 0.4) is 0 Å². The minimum absolute atomic E-state index is 0.0116. The molecule has 0 spiro atoms. The van der Waals surface area contributed by atoms with Crippen LogP contribution in [0, 0.1) is 0 Å². The van der Waals surface area contributed by atoms with Crippen molar-refractivity contribution in [3.63, 3.8) is 0 Å². The van der Waals surface area contributed by atoms with Crippen molar-refractivity contribution in [1.29, 1.82) is 0 Å². The van der Waals surface area contributed by atoms with Gasteiger partial charge in [0.15, 0.2) is 0 Å². The van der Waals surface area contributed by atoms with Crippen LogP contribution in [0.1, 0.15) is 16.7 Å². The maximum atomic E-state index is 13.1. The Morgan fingerprint density at radius 3 is 2.37 bits per heavy atom. The van der Waals surface area contributed by atoms with Crippen molar-refractivity contribution in [2.24, 2.45) is 0 Å². The zero-order chi connectivity index (χ0) is 20.9. The summed E-state index contributed by atoms with van der Waals surface area (Å²) in [5.41, 5.74) is 3.47. The van der Waals surface area contributed by atoms with Gasteiger partial charge in [-0.05, 0) is 28.8 Å². The molecule has 1 atom stereocenters. The van der Waals surface area contributed by atoms with Crippen molar-refractivity contribution in [2.45, 2.75) is 25.6 Å². The highest BCUT2D eigenvalue weighted by atomic mass is 16.5. The van der Waals surface area contributed by atoms with Gasteiger partial charge < -0.3 is 9.64 Å². The minimum atomic E-state index is -0.551. The zero-order valence-corrected chi connectivity index (χ0v) is 17.4. The van der Waals surface area contributed by atoms with Gasteiger partial charge in [-0.25, -0.2) is 4.79 Å². The summed E-state index contributed by atoms with van der Waals surface area (Å²) in [7, 11) is 1.38. The fraction of sp³-hybridized carbons (Fsp3) is 0.435. The van der Waals surface area contributed by atoms with Crippen LogP contribution in [-0.2, 0) is 33.8 Å². The Labute approximate surface area is 177 Å². The molecule has 4 rings (SSSR count). The molecular weight excluding hydrogens is 380 g/mol. The molecule has 0 saturated carbocycles. The first kappa shape index (κ1) is 20.5. The number of hydrogen-bond donors (Lipinski definition) is 0. The Hall–Kier alpha value is -2.77. The molecule has 30 heavy (non-hydrogen) atoms. The van der Waals surface area contributed by atoms with Crippen LogP contribution in [0.5, 0.6) is 0 Å². The third-order valence-electron chi connectivity index (χ3n) is 6.02. The lowest BCUT2D eigenvalue weighted by Gasteiger charge is -2.38. The first-order valence-corrected chi connectivity index (χ1v) is 10.4. The summed E-state index contributed by atoms with van der Waals surface area (Å²) in [5.74, 6) is -0.359. The smallest absolute Gasteiger partial charge is 0.328 e. The summed E-state index contributed by atoms with van der Waals surface area (Å²) < 4.78 is 4.99. The normalized spacial score (nSPS) is 19.9. The molecule has 158 valence electrons. The third kappa shape index (κ3) is 4.68.